The molecule has 1 atom stereocenters. The topological polar surface area (TPSA) is 58.6 Å². The number of carbonyl (C=O) groups excluding carboxylic acids is 2. The van der Waals surface area contributed by atoms with Crippen LogP contribution in [-0.2, 0) is 16.0 Å². The average Bonchev–Trinajstić information content (AvgIpc) is 3.04. The quantitative estimate of drug-likeness (QED) is 0.904. The van der Waals surface area contributed by atoms with Gasteiger partial charge in [-0.15, -0.1) is 11.3 Å². The van der Waals surface area contributed by atoms with Gasteiger partial charge < -0.3 is 15.0 Å². The van der Waals surface area contributed by atoms with Gasteiger partial charge in [-0.3, -0.25) is 9.59 Å². The zero-order valence-electron chi connectivity index (χ0n) is 13.7. The van der Waals surface area contributed by atoms with Crippen molar-refractivity contribution < 1.29 is 14.3 Å². The van der Waals surface area contributed by atoms with Crippen LogP contribution >= 0.6 is 11.3 Å². The average molecular weight is 344 g/mol. The molecule has 0 bridgehead atoms. The maximum absolute atomic E-state index is 12.3. The Morgan fingerprint density at radius 1 is 1.38 bits per heavy atom. The second-order valence-corrected chi connectivity index (χ2v) is 6.77. The number of ether oxygens (including phenoxy) is 1. The smallest absolute Gasteiger partial charge is 0.267 e. The van der Waals surface area contributed by atoms with Crippen LogP contribution in [0.2, 0.25) is 0 Å². The van der Waals surface area contributed by atoms with Crippen molar-refractivity contribution in [2.75, 3.05) is 16.8 Å². The molecular weight excluding hydrogens is 324 g/mol. The number of thiophene rings is 1. The van der Waals surface area contributed by atoms with Crippen LogP contribution in [0, 0.1) is 0 Å². The third-order valence-electron chi connectivity index (χ3n) is 3.81. The highest BCUT2D eigenvalue weighted by Gasteiger charge is 2.31. The molecule has 1 aromatic carbocycles. The van der Waals surface area contributed by atoms with Crippen molar-refractivity contribution in [3.05, 3.63) is 40.6 Å². The van der Waals surface area contributed by atoms with Gasteiger partial charge in [0.2, 0.25) is 5.91 Å². The fraction of sp³-hybridized carbons (Fsp3) is 0.333. The lowest BCUT2D eigenvalue weighted by Crippen LogP contribution is -2.44. The molecule has 5 nitrogen and oxygen atoms in total. The van der Waals surface area contributed by atoms with Crippen LogP contribution in [0.5, 0.6) is 5.75 Å². The van der Waals surface area contributed by atoms with Crippen molar-refractivity contribution in [1.82, 2.24) is 0 Å². The molecule has 2 aromatic rings. The third kappa shape index (κ3) is 3.43. The molecule has 3 rings (SSSR count). The number of hydrogen-bond donors (Lipinski definition) is 1. The predicted octanol–water partition coefficient (Wildman–Crippen LogP) is 3.45. The molecule has 1 unspecified atom stereocenters. The number of benzene rings is 1. The van der Waals surface area contributed by atoms with E-state index in [1.54, 1.807) is 35.3 Å². The third-order valence-corrected chi connectivity index (χ3v) is 4.69. The zero-order valence-corrected chi connectivity index (χ0v) is 14.6. The zero-order chi connectivity index (χ0) is 17.1. The van der Waals surface area contributed by atoms with E-state index in [1.165, 1.54) is 0 Å². The largest absolute Gasteiger partial charge is 0.479 e. The molecule has 1 aromatic heterocycles. The Bertz CT molecular complexity index is 743. The van der Waals surface area contributed by atoms with Crippen LogP contribution in [0.15, 0.2) is 35.7 Å². The molecule has 1 aliphatic rings. The highest BCUT2D eigenvalue weighted by molar-refractivity contribution is 7.10. The Balaban J connectivity index is 1.77. The summed E-state index contributed by atoms with van der Waals surface area (Å²) in [6.07, 6.45) is 0.713. The summed E-state index contributed by atoms with van der Waals surface area (Å²) < 4.78 is 5.71. The SMILES string of the molecule is CCCN1C(=O)C(C)Oc2cc(NC(=O)Cc3cccs3)ccc21. The van der Waals surface area contributed by atoms with E-state index in [-0.39, 0.29) is 11.8 Å². The maximum atomic E-state index is 12.3. The predicted molar refractivity (Wildman–Crippen MR) is 95.8 cm³/mol. The molecule has 0 saturated heterocycles. The standard InChI is InChI=1S/C18H20N2O3S/c1-3-8-20-15-7-6-13(10-16(15)23-12(2)18(20)22)19-17(21)11-14-5-4-9-24-14/h4-7,9-10,12H,3,8,11H2,1-2H3,(H,19,21). The normalized spacial score (nSPS) is 16.5. The Labute approximate surface area is 145 Å². The van der Waals surface area contributed by atoms with Gasteiger partial charge in [-0.25, -0.2) is 0 Å². The first-order chi connectivity index (χ1) is 11.6. The first-order valence-electron chi connectivity index (χ1n) is 8.02. The monoisotopic (exact) mass is 344 g/mol. The van der Waals surface area contributed by atoms with E-state index in [2.05, 4.69) is 5.32 Å². The van der Waals surface area contributed by atoms with Gasteiger partial charge in [0.1, 0.15) is 5.75 Å². The molecule has 6 heteroatoms. The lowest BCUT2D eigenvalue weighted by Gasteiger charge is -2.33. The van der Waals surface area contributed by atoms with E-state index in [1.807, 2.05) is 30.5 Å². The summed E-state index contributed by atoms with van der Waals surface area (Å²) in [6.45, 7) is 4.44. The first-order valence-corrected chi connectivity index (χ1v) is 8.90. The van der Waals surface area contributed by atoms with E-state index in [4.69, 9.17) is 4.74 Å². The Morgan fingerprint density at radius 2 is 2.21 bits per heavy atom. The lowest BCUT2D eigenvalue weighted by molar-refractivity contribution is -0.125. The van der Waals surface area contributed by atoms with Gasteiger partial charge in [-0.1, -0.05) is 13.0 Å². The number of amides is 2. The highest BCUT2D eigenvalue weighted by Crippen LogP contribution is 2.36. The number of hydrogen-bond acceptors (Lipinski definition) is 4. The Morgan fingerprint density at radius 3 is 2.92 bits per heavy atom. The second-order valence-electron chi connectivity index (χ2n) is 5.74. The van der Waals surface area contributed by atoms with Crippen molar-refractivity contribution in [3.63, 3.8) is 0 Å². The Kier molecular flexibility index (Phi) is 4.85. The van der Waals surface area contributed by atoms with Gasteiger partial charge in [0, 0.05) is 23.2 Å². The van der Waals surface area contributed by atoms with Crippen molar-refractivity contribution in [3.8, 4) is 5.75 Å². The van der Waals surface area contributed by atoms with E-state index in [9.17, 15) is 9.59 Å². The number of fused-ring (bicyclic) bond motifs is 1. The second kappa shape index (κ2) is 7.05. The summed E-state index contributed by atoms with van der Waals surface area (Å²) >= 11 is 1.56. The fourth-order valence-corrected chi connectivity index (χ4v) is 3.42. The fourth-order valence-electron chi connectivity index (χ4n) is 2.72. The van der Waals surface area contributed by atoms with Crippen LogP contribution in [0.1, 0.15) is 25.1 Å². The molecule has 2 heterocycles. The summed E-state index contributed by atoms with van der Waals surface area (Å²) in [5.41, 5.74) is 1.43. The van der Waals surface area contributed by atoms with Crippen LogP contribution in [0.25, 0.3) is 0 Å². The highest BCUT2D eigenvalue weighted by atomic mass is 32.1. The van der Waals surface area contributed by atoms with Gasteiger partial charge in [0.25, 0.3) is 5.91 Å². The molecule has 24 heavy (non-hydrogen) atoms. The number of nitrogens with zero attached hydrogens (tertiary/aromatic N) is 1. The van der Waals surface area contributed by atoms with Gasteiger partial charge >= 0.3 is 0 Å². The van der Waals surface area contributed by atoms with Gasteiger partial charge in [0.05, 0.1) is 12.1 Å². The number of nitrogens with one attached hydrogen (secondary N) is 1. The van der Waals surface area contributed by atoms with E-state index in [0.717, 1.165) is 17.0 Å². The molecule has 0 radical (unpaired) electrons. The molecule has 1 N–H and O–H groups in total. The van der Waals surface area contributed by atoms with Gasteiger partial charge in [-0.05, 0) is 36.9 Å². The molecule has 0 saturated carbocycles. The number of anilines is 2. The van der Waals surface area contributed by atoms with Crippen LogP contribution in [0.3, 0.4) is 0 Å². The van der Waals surface area contributed by atoms with E-state index >= 15 is 0 Å². The molecule has 0 fully saturated rings. The van der Waals surface area contributed by atoms with Crippen molar-refractivity contribution in [2.24, 2.45) is 0 Å². The molecule has 0 aliphatic carbocycles. The minimum atomic E-state index is -0.513. The molecule has 1 aliphatic heterocycles. The number of carbonyl (C=O) groups is 2. The maximum Gasteiger partial charge on any atom is 0.267 e. The summed E-state index contributed by atoms with van der Waals surface area (Å²) in [5, 5.41) is 4.84. The van der Waals surface area contributed by atoms with E-state index in [0.29, 0.717) is 24.4 Å². The Hall–Kier alpha value is -2.34. The molecular formula is C18H20N2O3S. The minimum Gasteiger partial charge on any atom is -0.479 e. The summed E-state index contributed by atoms with van der Waals surface area (Å²) in [6, 6.07) is 9.29. The van der Waals surface area contributed by atoms with Crippen molar-refractivity contribution in [2.45, 2.75) is 32.8 Å². The van der Waals surface area contributed by atoms with E-state index < -0.39 is 6.10 Å². The lowest BCUT2D eigenvalue weighted by atomic mass is 10.1. The molecule has 2 amide bonds. The van der Waals surface area contributed by atoms with Gasteiger partial charge in [0.15, 0.2) is 6.10 Å². The minimum absolute atomic E-state index is 0.0289. The van der Waals surface area contributed by atoms with Crippen LogP contribution in [-0.4, -0.2) is 24.5 Å². The summed E-state index contributed by atoms with van der Waals surface area (Å²) in [7, 11) is 0. The van der Waals surface area contributed by atoms with Gasteiger partial charge in [-0.2, -0.15) is 0 Å². The van der Waals surface area contributed by atoms with Crippen LogP contribution < -0.4 is 15.0 Å². The first kappa shape index (κ1) is 16.5. The molecule has 126 valence electrons. The summed E-state index contributed by atoms with van der Waals surface area (Å²) in [4.78, 5) is 27.1. The van der Waals surface area contributed by atoms with Crippen molar-refractivity contribution in [1.29, 1.82) is 0 Å². The summed E-state index contributed by atoms with van der Waals surface area (Å²) in [5.74, 6) is 0.533. The molecule has 0 spiro atoms. The number of rotatable bonds is 5. The van der Waals surface area contributed by atoms with Crippen LogP contribution in [0.4, 0.5) is 11.4 Å². The van der Waals surface area contributed by atoms with Crippen molar-refractivity contribution >= 4 is 34.5 Å².